The minimum Gasteiger partial charge on any atom is -0.300 e. The quantitative estimate of drug-likeness (QED) is 0.783. The molecule has 1 amide bonds. The number of anilines is 1. The molecule has 0 bridgehead atoms. The van der Waals surface area contributed by atoms with E-state index in [4.69, 9.17) is 5.26 Å². The number of benzene rings is 1. The number of rotatable bonds is 5. The molecule has 3 rings (SSSR count). The number of aromatic nitrogens is 2. The minimum absolute atomic E-state index is 0.0155. The second-order valence-corrected chi connectivity index (χ2v) is 8.94. The molecule has 0 aliphatic carbocycles. The maximum atomic E-state index is 12.8. The first-order valence-electron chi connectivity index (χ1n) is 8.24. The fraction of sp³-hybridized carbons (Fsp3) is 0.375. The lowest BCUT2D eigenvalue weighted by Crippen LogP contribution is -2.41. The third kappa shape index (κ3) is 4.16. The molecule has 0 unspecified atom stereocenters. The van der Waals surface area contributed by atoms with Crippen molar-refractivity contribution in [2.75, 3.05) is 18.4 Å². The predicted octanol–water partition coefficient (Wildman–Crippen LogP) is 2.39. The van der Waals surface area contributed by atoms with Crippen molar-refractivity contribution in [3.8, 4) is 6.07 Å². The number of nitrogens with zero attached hydrogens (tertiary/aromatic N) is 4. The zero-order valence-corrected chi connectivity index (χ0v) is 16.0. The average Bonchev–Trinajstić information content (AvgIpc) is 3.17. The molecule has 1 aliphatic heterocycles. The topological polar surface area (TPSA) is 116 Å². The smallest absolute Gasteiger partial charge is 0.291 e. The number of sulfonamides is 1. The Morgan fingerprint density at radius 1 is 1.29 bits per heavy atom. The Morgan fingerprint density at radius 2 is 1.96 bits per heavy atom. The standard InChI is InChI=1S/C16H15F2N5O3S2/c17-13(18)15-21-22-16(27-15)20-14(24)10-5-7-23(8-6-10)28(25,26)12-4-2-1-3-11(12)9-19/h1-4,10,13H,5-8H2,(H,20,22,24). The monoisotopic (exact) mass is 427 g/mol. The summed E-state index contributed by atoms with van der Waals surface area (Å²) in [7, 11) is -3.84. The van der Waals surface area contributed by atoms with Crippen LogP contribution in [0.4, 0.5) is 13.9 Å². The highest BCUT2D eigenvalue weighted by molar-refractivity contribution is 7.89. The van der Waals surface area contributed by atoms with Crippen molar-refractivity contribution in [3.05, 3.63) is 34.8 Å². The van der Waals surface area contributed by atoms with Crippen LogP contribution in [-0.4, -0.2) is 41.9 Å². The molecule has 1 aliphatic rings. The maximum absolute atomic E-state index is 12.8. The molecule has 28 heavy (non-hydrogen) atoms. The lowest BCUT2D eigenvalue weighted by Gasteiger charge is -2.30. The van der Waals surface area contributed by atoms with Crippen LogP contribution in [0, 0.1) is 17.2 Å². The van der Waals surface area contributed by atoms with E-state index in [-0.39, 0.29) is 41.5 Å². The first-order chi connectivity index (χ1) is 13.3. The summed E-state index contributed by atoms with van der Waals surface area (Å²) in [6.45, 7) is 0.219. The number of piperidine rings is 1. The summed E-state index contributed by atoms with van der Waals surface area (Å²) in [5, 5.41) is 17.9. The van der Waals surface area contributed by atoms with Gasteiger partial charge in [0.2, 0.25) is 21.1 Å². The van der Waals surface area contributed by atoms with E-state index in [0.29, 0.717) is 11.3 Å². The largest absolute Gasteiger partial charge is 0.300 e. The Morgan fingerprint density at radius 3 is 2.57 bits per heavy atom. The van der Waals surface area contributed by atoms with Crippen LogP contribution in [0.15, 0.2) is 29.2 Å². The van der Waals surface area contributed by atoms with Crippen molar-refractivity contribution >= 4 is 32.4 Å². The van der Waals surface area contributed by atoms with Gasteiger partial charge in [-0.3, -0.25) is 4.79 Å². The molecule has 1 N–H and O–H groups in total. The molecule has 8 nitrogen and oxygen atoms in total. The normalized spacial score (nSPS) is 16.1. The average molecular weight is 427 g/mol. The van der Waals surface area contributed by atoms with Gasteiger partial charge < -0.3 is 5.32 Å². The second-order valence-electron chi connectivity index (χ2n) is 6.02. The lowest BCUT2D eigenvalue weighted by molar-refractivity contribution is -0.120. The molecule has 2 heterocycles. The van der Waals surface area contributed by atoms with Crippen LogP contribution in [-0.2, 0) is 14.8 Å². The number of halogens is 2. The van der Waals surface area contributed by atoms with Crippen LogP contribution < -0.4 is 5.32 Å². The SMILES string of the molecule is N#Cc1ccccc1S(=O)(=O)N1CCC(C(=O)Nc2nnc(C(F)F)s2)CC1. The molecule has 0 radical (unpaired) electrons. The van der Waals surface area contributed by atoms with Crippen molar-refractivity contribution in [3.63, 3.8) is 0 Å². The van der Waals surface area contributed by atoms with Crippen LogP contribution in [0.5, 0.6) is 0 Å². The Hall–Kier alpha value is -2.49. The zero-order chi connectivity index (χ0) is 20.3. The Kier molecular flexibility index (Phi) is 5.97. The predicted molar refractivity (Wildman–Crippen MR) is 96.1 cm³/mol. The van der Waals surface area contributed by atoms with Crippen LogP contribution in [0.25, 0.3) is 0 Å². The fourth-order valence-corrected chi connectivity index (χ4v) is 5.08. The van der Waals surface area contributed by atoms with Gasteiger partial charge in [0.05, 0.1) is 10.5 Å². The van der Waals surface area contributed by atoms with E-state index in [2.05, 4.69) is 15.5 Å². The van der Waals surface area contributed by atoms with Crippen molar-refractivity contribution in [2.45, 2.75) is 24.2 Å². The van der Waals surface area contributed by atoms with Crippen molar-refractivity contribution in [2.24, 2.45) is 5.92 Å². The van der Waals surface area contributed by atoms with Crippen LogP contribution in [0.2, 0.25) is 0 Å². The van der Waals surface area contributed by atoms with Gasteiger partial charge >= 0.3 is 0 Å². The molecule has 1 aromatic carbocycles. The second kappa shape index (κ2) is 8.26. The number of nitrogens with one attached hydrogen (secondary N) is 1. The molecule has 0 saturated carbocycles. The van der Waals surface area contributed by atoms with E-state index >= 15 is 0 Å². The highest BCUT2D eigenvalue weighted by Crippen LogP contribution is 2.28. The van der Waals surface area contributed by atoms with Gasteiger partial charge in [0.25, 0.3) is 6.43 Å². The number of hydrogen-bond donors (Lipinski definition) is 1. The highest BCUT2D eigenvalue weighted by atomic mass is 32.2. The summed E-state index contributed by atoms with van der Waals surface area (Å²) in [5.74, 6) is -0.886. The molecule has 1 aromatic heterocycles. The van der Waals surface area contributed by atoms with E-state index in [1.165, 1.54) is 16.4 Å². The summed E-state index contributed by atoms with van der Waals surface area (Å²) in [5.41, 5.74) is 0.0634. The summed E-state index contributed by atoms with van der Waals surface area (Å²) < 4.78 is 51.9. The van der Waals surface area contributed by atoms with E-state index < -0.39 is 33.3 Å². The third-order valence-corrected chi connectivity index (χ3v) is 7.11. The number of nitriles is 1. The molecule has 1 saturated heterocycles. The molecule has 12 heteroatoms. The summed E-state index contributed by atoms with van der Waals surface area (Å²) >= 11 is 0.598. The Bertz CT molecular complexity index is 1010. The van der Waals surface area contributed by atoms with Gasteiger partial charge in [-0.1, -0.05) is 23.5 Å². The Labute approximate surface area is 163 Å². The van der Waals surface area contributed by atoms with Gasteiger partial charge in [-0.15, -0.1) is 10.2 Å². The van der Waals surface area contributed by atoms with Gasteiger partial charge in [0.15, 0.2) is 5.01 Å². The van der Waals surface area contributed by atoms with E-state index in [1.54, 1.807) is 12.1 Å². The molecule has 1 fully saturated rings. The van der Waals surface area contributed by atoms with Crippen LogP contribution >= 0.6 is 11.3 Å². The molecule has 0 atom stereocenters. The van der Waals surface area contributed by atoms with Gasteiger partial charge in [0.1, 0.15) is 6.07 Å². The lowest BCUT2D eigenvalue weighted by atomic mass is 9.97. The molecular formula is C16H15F2N5O3S2. The summed E-state index contributed by atoms with van der Waals surface area (Å²) in [4.78, 5) is 12.2. The van der Waals surface area contributed by atoms with Crippen LogP contribution in [0.3, 0.4) is 0 Å². The Balaban J connectivity index is 1.63. The van der Waals surface area contributed by atoms with Crippen molar-refractivity contribution < 1.29 is 22.0 Å². The first kappa shape index (κ1) is 20.2. The number of amides is 1. The zero-order valence-electron chi connectivity index (χ0n) is 14.4. The van der Waals surface area contributed by atoms with Crippen molar-refractivity contribution in [1.29, 1.82) is 5.26 Å². The molecule has 2 aromatic rings. The molecule has 0 spiro atoms. The number of carbonyl (C=O) groups excluding carboxylic acids is 1. The van der Waals surface area contributed by atoms with Crippen molar-refractivity contribution in [1.82, 2.24) is 14.5 Å². The van der Waals surface area contributed by atoms with Crippen LogP contribution in [0.1, 0.15) is 29.8 Å². The van der Waals surface area contributed by atoms with Gasteiger partial charge in [-0.05, 0) is 25.0 Å². The van der Waals surface area contributed by atoms with Gasteiger partial charge in [-0.2, -0.15) is 9.57 Å². The first-order valence-corrected chi connectivity index (χ1v) is 10.5. The minimum atomic E-state index is -3.84. The maximum Gasteiger partial charge on any atom is 0.291 e. The number of alkyl halides is 2. The fourth-order valence-electron chi connectivity index (χ4n) is 2.86. The number of hydrogen-bond acceptors (Lipinski definition) is 7. The number of carbonyl (C=O) groups is 1. The highest BCUT2D eigenvalue weighted by Gasteiger charge is 2.33. The summed E-state index contributed by atoms with van der Waals surface area (Å²) in [6.07, 6.45) is -2.23. The van der Waals surface area contributed by atoms with E-state index in [0.717, 1.165) is 0 Å². The van der Waals surface area contributed by atoms with E-state index in [9.17, 15) is 22.0 Å². The van der Waals surface area contributed by atoms with Gasteiger partial charge in [-0.25, -0.2) is 17.2 Å². The third-order valence-electron chi connectivity index (χ3n) is 4.31. The molecule has 148 valence electrons. The summed E-state index contributed by atoms with van der Waals surface area (Å²) in [6, 6.07) is 7.81. The van der Waals surface area contributed by atoms with Gasteiger partial charge in [0, 0.05) is 19.0 Å². The van der Waals surface area contributed by atoms with E-state index in [1.807, 2.05) is 6.07 Å². The molecular weight excluding hydrogens is 412 g/mol.